The van der Waals surface area contributed by atoms with E-state index in [9.17, 15) is 9.90 Å². The highest BCUT2D eigenvalue weighted by molar-refractivity contribution is 7.15. The number of hydrogen-bond acceptors (Lipinski definition) is 3. The lowest BCUT2D eigenvalue weighted by atomic mass is 9.81. The summed E-state index contributed by atoms with van der Waals surface area (Å²) in [4.78, 5) is 16.5. The molecule has 4 rings (SSSR count). The lowest BCUT2D eigenvalue weighted by molar-refractivity contribution is -0.149. The van der Waals surface area contributed by atoms with Gasteiger partial charge in [-0.1, -0.05) is 35.7 Å². The molecule has 0 radical (unpaired) electrons. The number of thiophene rings is 1. The molecule has 1 aliphatic heterocycles. The maximum atomic E-state index is 11.8. The summed E-state index contributed by atoms with van der Waals surface area (Å²) in [5.41, 5.74) is 0.551. The number of carboxylic acid groups (broad SMARTS) is 1. The third kappa shape index (κ3) is 3.10. The number of benzene rings is 1. The molecule has 1 saturated carbocycles. The Morgan fingerprint density at radius 2 is 2.12 bits per heavy atom. The molecule has 0 bridgehead atoms. The minimum Gasteiger partial charge on any atom is -0.481 e. The van der Waals surface area contributed by atoms with Crippen molar-refractivity contribution in [3.05, 3.63) is 45.3 Å². The minimum atomic E-state index is -0.611. The molecule has 0 spiro atoms. The Morgan fingerprint density at radius 1 is 1.28 bits per heavy atom. The predicted molar refractivity (Wildman–Crippen MR) is 102 cm³/mol. The molecular formula is C19H19Cl2NO2S. The molecule has 0 unspecified atom stereocenters. The molecule has 25 heavy (non-hydrogen) atoms. The van der Waals surface area contributed by atoms with Crippen LogP contribution in [0.3, 0.4) is 0 Å². The highest BCUT2D eigenvalue weighted by Gasteiger charge is 2.54. The van der Waals surface area contributed by atoms with Gasteiger partial charge in [-0.3, -0.25) is 9.69 Å². The van der Waals surface area contributed by atoms with Crippen LogP contribution in [0.2, 0.25) is 10.0 Å². The zero-order valence-electron chi connectivity index (χ0n) is 13.7. The fraction of sp³-hybridized carbons (Fsp3) is 0.421. The van der Waals surface area contributed by atoms with E-state index in [0.717, 1.165) is 42.8 Å². The number of hydrogen-bond donors (Lipinski definition) is 1. The highest BCUT2D eigenvalue weighted by atomic mass is 35.5. The van der Waals surface area contributed by atoms with Crippen LogP contribution < -0.4 is 0 Å². The van der Waals surface area contributed by atoms with Crippen molar-refractivity contribution >= 4 is 40.5 Å². The molecule has 1 aliphatic carbocycles. The van der Waals surface area contributed by atoms with Crippen molar-refractivity contribution < 1.29 is 9.90 Å². The summed E-state index contributed by atoms with van der Waals surface area (Å²) in [6.07, 6.45) is 2.91. The predicted octanol–water partition coefficient (Wildman–Crippen LogP) is 5.41. The van der Waals surface area contributed by atoms with Crippen molar-refractivity contribution in [1.82, 2.24) is 4.90 Å². The van der Waals surface area contributed by atoms with E-state index in [4.69, 9.17) is 23.2 Å². The molecule has 1 N–H and O–H groups in total. The first-order valence-electron chi connectivity index (χ1n) is 8.48. The van der Waals surface area contributed by atoms with Crippen LogP contribution >= 0.6 is 34.5 Å². The van der Waals surface area contributed by atoms with Crippen LogP contribution in [0, 0.1) is 11.3 Å². The van der Waals surface area contributed by atoms with Crippen LogP contribution in [0.5, 0.6) is 0 Å². The Morgan fingerprint density at radius 3 is 2.84 bits per heavy atom. The van der Waals surface area contributed by atoms with Gasteiger partial charge in [0.25, 0.3) is 0 Å². The molecule has 3 nitrogen and oxygen atoms in total. The zero-order chi connectivity index (χ0) is 17.6. The van der Waals surface area contributed by atoms with Gasteiger partial charge in [-0.05, 0) is 48.6 Å². The average Bonchev–Trinajstić information content (AvgIpc) is 3.24. The summed E-state index contributed by atoms with van der Waals surface area (Å²) >= 11 is 13.8. The van der Waals surface area contributed by atoms with E-state index in [1.807, 2.05) is 18.2 Å². The van der Waals surface area contributed by atoms with Gasteiger partial charge in [0.15, 0.2) is 0 Å². The standard InChI is InChI=1S/C19H19Cl2NO2S/c20-15-5-3-12(8-16(15)21)17-6-4-14(25-17)10-22-9-13-2-1-7-19(13,11-22)18(23)24/h3-6,8,13H,1-2,7,9-11H2,(H,23,24)/t13-,19+/m0/s1. The van der Waals surface area contributed by atoms with Crippen molar-refractivity contribution in [3.8, 4) is 10.4 Å². The fourth-order valence-electron chi connectivity index (χ4n) is 4.35. The summed E-state index contributed by atoms with van der Waals surface area (Å²) in [5.74, 6) is -0.306. The van der Waals surface area contributed by atoms with Gasteiger partial charge in [0.1, 0.15) is 0 Å². The van der Waals surface area contributed by atoms with Crippen LogP contribution in [0.25, 0.3) is 10.4 Å². The lowest BCUT2D eigenvalue weighted by Crippen LogP contribution is -2.35. The molecule has 1 aromatic carbocycles. The van der Waals surface area contributed by atoms with E-state index < -0.39 is 11.4 Å². The normalized spacial score (nSPS) is 26.1. The average molecular weight is 396 g/mol. The first-order chi connectivity index (χ1) is 12.0. The number of fused-ring (bicyclic) bond motifs is 1. The van der Waals surface area contributed by atoms with Gasteiger partial charge in [-0.2, -0.15) is 0 Å². The van der Waals surface area contributed by atoms with E-state index in [1.165, 1.54) is 4.88 Å². The highest BCUT2D eigenvalue weighted by Crippen LogP contribution is 2.49. The second kappa shape index (κ2) is 6.58. The Labute approximate surface area is 161 Å². The second-order valence-electron chi connectivity index (χ2n) is 7.11. The molecule has 2 atom stereocenters. The van der Waals surface area contributed by atoms with Crippen molar-refractivity contribution in [2.24, 2.45) is 11.3 Å². The van der Waals surface area contributed by atoms with E-state index in [-0.39, 0.29) is 0 Å². The van der Waals surface area contributed by atoms with Crippen LogP contribution in [-0.2, 0) is 11.3 Å². The third-order valence-electron chi connectivity index (χ3n) is 5.61. The number of aliphatic carboxylic acids is 1. The number of carboxylic acids is 1. The van der Waals surface area contributed by atoms with Gasteiger partial charge in [0.05, 0.1) is 15.5 Å². The quantitative estimate of drug-likeness (QED) is 0.752. The lowest BCUT2D eigenvalue weighted by Gasteiger charge is -2.23. The Hall–Kier alpha value is -1.07. The molecule has 0 amide bonds. The maximum Gasteiger partial charge on any atom is 0.311 e. The summed E-state index contributed by atoms with van der Waals surface area (Å²) in [6, 6.07) is 9.91. The number of nitrogens with zero attached hydrogens (tertiary/aromatic N) is 1. The molecule has 1 aromatic heterocycles. The smallest absolute Gasteiger partial charge is 0.311 e. The summed E-state index contributed by atoms with van der Waals surface area (Å²) in [6.45, 7) is 2.39. The van der Waals surface area contributed by atoms with E-state index >= 15 is 0 Å². The fourth-order valence-corrected chi connectivity index (χ4v) is 5.70. The van der Waals surface area contributed by atoms with Crippen molar-refractivity contribution in [1.29, 1.82) is 0 Å². The Balaban J connectivity index is 1.49. The molecule has 2 fully saturated rings. The minimum absolute atomic E-state index is 0.305. The van der Waals surface area contributed by atoms with E-state index in [2.05, 4.69) is 17.0 Å². The maximum absolute atomic E-state index is 11.8. The number of likely N-dealkylation sites (tertiary alicyclic amines) is 1. The van der Waals surface area contributed by atoms with Crippen LogP contribution in [0.1, 0.15) is 24.1 Å². The van der Waals surface area contributed by atoms with Gasteiger partial charge in [-0.15, -0.1) is 11.3 Å². The monoisotopic (exact) mass is 395 g/mol. The molecule has 6 heteroatoms. The molecule has 2 aliphatic rings. The number of halogens is 2. The second-order valence-corrected chi connectivity index (χ2v) is 9.10. The van der Waals surface area contributed by atoms with Gasteiger partial charge >= 0.3 is 5.97 Å². The van der Waals surface area contributed by atoms with Crippen molar-refractivity contribution in [2.45, 2.75) is 25.8 Å². The molecular weight excluding hydrogens is 377 g/mol. The molecule has 1 saturated heterocycles. The van der Waals surface area contributed by atoms with Gasteiger partial charge in [0, 0.05) is 29.4 Å². The zero-order valence-corrected chi connectivity index (χ0v) is 16.0. The number of carbonyl (C=O) groups is 1. The van der Waals surface area contributed by atoms with Crippen LogP contribution in [0.15, 0.2) is 30.3 Å². The molecule has 2 heterocycles. The third-order valence-corrected chi connectivity index (χ3v) is 7.47. The van der Waals surface area contributed by atoms with E-state index in [1.54, 1.807) is 11.3 Å². The van der Waals surface area contributed by atoms with Gasteiger partial charge in [-0.25, -0.2) is 0 Å². The molecule has 132 valence electrons. The van der Waals surface area contributed by atoms with Crippen molar-refractivity contribution in [2.75, 3.05) is 13.1 Å². The largest absolute Gasteiger partial charge is 0.481 e. The first kappa shape index (κ1) is 17.3. The number of rotatable bonds is 4. The molecule has 2 aromatic rings. The summed E-state index contributed by atoms with van der Waals surface area (Å²) in [7, 11) is 0. The SMILES string of the molecule is O=C(O)[C@@]12CCC[C@H]1CN(Cc1ccc(-c3ccc(Cl)c(Cl)c3)s1)C2. The van der Waals surface area contributed by atoms with Crippen molar-refractivity contribution in [3.63, 3.8) is 0 Å². The summed E-state index contributed by atoms with van der Waals surface area (Å²) in [5, 5.41) is 10.8. The summed E-state index contributed by atoms with van der Waals surface area (Å²) < 4.78 is 0. The van der Waals surface area contributed by atoms with E-state index in [0.29, 0.717) is 22.5 Å². The topological polar surface area (TPSA) is 40.5 Å². The van der Waals surface area contributed by atoms with Crippen LogP contribution in [-0.4, -0.2) is 29.1 Å². The Bertz CT molecular complexity index is 822. The van der Waals surface area contributed by atoms with Crippen LogP contribution in [0.4, 0.5) is 0 Å². The first-order valence-corrected chi connectivity index (χ1v) is 10.0. The van der Waals surface area contributed by atoms with Gasteiger partial charge in [0.2, 0.25) is 0 Å². The van der Waals surface area contributed by atoms with Gasteiger partial charge < -0.3 is 5.11 Å². The Kier molecular flexibility index (Phi) is 4.57.